The van der Waals surface area contributed by atoms with Gasteiger partial charge < -0.3 is 5.32 Å². The Kier molecular flexibility index (Phi) is 3.80. The molecule has 0 spiro atoms. The van der Waals surface area contributed by atoms with Gasteiger partial charge in [0.1, 0.15) is 4.99 Å². The van der Waals surface area contributed by atoms with Crippen molar-refractivity contribution in [1.82, 2.24) is 4.98 Å². The summed E-state index contributed by atoms with van der Waals surface area (Å²) in [6, 6.07) is 10.0. The summed E-state index contributed by atoms with van der Waals surface area (Å²) < 4.78 is 37.7. The van der Waals surface area contributed by atoms with Gasteiger partial charge in [0.25, 0.3) is 0 Å². The van der Waals surface area contributed by atoms with Gasteiger partial charge in [0.05, 0.1) is 11.3 Å². The summed E-state index contributed by atoms with van der Waals surface area (Å²) in [7, 11) is 0. The highest BCUT2D eigenvalue weighted by Crippen LogP contribution is 2.30. The highest BCUT2D eigenvalue weighted by atomic mass is 32.1. The van der Waals surface area contributed by atoms with Crippen molar-refractivity contribution in [1.29, 1.82) is 0 Å². The van der Waals surface area contributed by atoms with Crippen molar-refractivity contribution in [2.75, 3.05) is 5.32 Å². The molecule has 0 bridgehead atoms. The lowest BCUT2D eigenvalue weighted by Gasteiger charge is -2.10. The summed E-state index contributed by atoms with van der Waals surface area (Å²) in [4.78, 5) is 4.30. The average Bonchev–Trinajstić information content (AvgIpc) is 2.39. The Hall–Kier alpha value is -1.95. The molecule has 0 amide bonds. The van der Waals surface area contributed by atoms with Crippen molar-refractivity contribution in [3.8, 4) is 0 Å². The Morgan fingerprint density at radius 3 is 2.53 bits per heavy atom. The largest absolute Gasteiger partial charge is 0.416 e. The Morgan fingerprint density at radius 1 is 1.11 bits per heavy atom. The van der Waals surface area contributed by atoms with Crippen LogP contribution in [0.4, 0.5) is 18.9 Å². The minimum absolute atomic E-state index is 0.278. The summed E-state index contributed by atoms with van der Waals surface area (Å²) in [6.07, 6.45) is -2.81. The molecule has 6 heteroatoms. The third-order valence-electron chi connectivity index (χ3n) is 2.35. The van der Waals surface area contributed by atoms with Crippen LogP contribution in [0.3, 0.4) is 0 Å². The van der Waals surface area contributed by atoms with E-state index < -0.39 is 11.7 Å². The van der Waals surface area contributed by atoms with Crippen molar-refractivity contribution in [3.63, 3.8) is 0 Å². The molecule has 1 aromatic heterocycles. The first-order valence-electron chi connectivity index (χ1n) is 5.36. The third kappa shape index (κ3) is 3.51. The first kappa shape index (κ1) is 13.5. The molecule has 0 fully saturated rings. The van der Waals surface area contributed by atoms with Crippen LogP contribution in [0.15, 0.2) is 48.7 Å². The van der Waals surface area contributed by atoms with Gasteiger partial charge in [0.15, 0.2) is 0 Å². The lowest BCUT2D eigenvalue weighted by molar-refractivity contribution is -0.137. The number of benzene rings is 1. The number of aromatic nitrogens is 1. The summed E-state index contributed by atoms with van der Waals surface area (Å²) in [6.45, 7) is 0. The van der Waals surface area contributed by atoms with E-state index in [1.165, 1.54) is 12.1 Å². The minimum atomic E-state index is -4.37. The van der Waals surface area contributed by atoms with E-state index in [0.29, 0.717) is 5.69 Å². The molecular formula is C13H9F3N2S. The van der Waals surface area contributed by atoms with Crippen molar-refractivity contribution >= 4 is 22.9 Å². The van der Waals surface area contributed by atoms with E-state index in [-0.39, 0.29) is 10.7 Å². The zero-order chi connectivity index (χ0) is 13.9. The number of rotatable bonds is 2. The molecule has 1 heterocycles. The Bertz CT molecular complexity index is 582. The SMILES string of the molecule is FC(F)(F)c1cccc(NC(=S)c2ccccn2)c1. The van der Waals surface area contributed by atoms with Gasteiger partial charge in [0, 0.05) is 11.9 Å². The van der Waals surface area contributed by atoms with Crippen LogP contribution in [0.1, 0.15) is 11.3 Å². The van der Waals surface area contributed by atoms with Crippen molar-refractivity contribution in [2.45, 2.75) is 6.18 Å². The van der Waals surface area contributed by atoms with Gasteiger partial charge in [-0.2, -0.15) is 13.2 Å². The number of nitrogens with one attached hydrogen (secondary N) is 1. The fourth-order valence-electron chi connectivity index (χ4n) is 1.47. The van der Waals surface area contributed by atoms with Gasteiger partial charge in [0.2, 0.25) is 0 Å². The van der Waals surface area contributed by atoms with Crippen molar-refractivity contribution in [2.24, 2.45) is 0 Å². The average molecular weight is 282 g/mol. The van der Waals surface area contributed by atoms with Crippen molar-refractivity contribution in [3.05, 3.63) is 59.9 Å². The van der Waals surface area contributed by atoms with Crippen LogP contribution in [-0.4, -0.2) is 9.97 Å². The predicted molar refractivity (Wildman–Crippen MR) is 71.0 cm³/mol. The third-order valence-corrected chi connectivity index (χ3v) is 2.66. The molecule has 0 aliphatic heterocycles. The second-order valence-electron chi connectivity index (χ2n) is 3.75. The number of anilines is 1. The molecule has 19 heavy (non-hydrogen) atoms. The van der Waals surface area contributed by atoms with E-state index in [1.807, 2.05) is 0 Å². The first-order valence-corrected chi connectivity index (χ1v) is 5.77. The maximum atomic E-state index is 12.6. The molecule has 1 N–H and O–H groups in total. The van der Waals surface area contributed by atoms with E-state index in [0.717, 1.165) is 12.1 Å². The number of thiocarbonyl (C=S) groups is 1. The topological polar surface area (TPSA) is 24.9 Å². The Labute approximate surface area is 113 Å². The molecule has 2 nitrogen and oxygen atoms in total. The lowest BCUT2D eigenvalue weighted by Crippen LogP contribution is -2.13. The van der Waals surface area contributed by atoms with Crippen LogP contribution in [0.5, 0.6) is 0 Å². The number of hydrogen-bond acceptors (Lipinski definition) is 2. The molecule has 2 aromatic rings. The molecule has 98 valence electrons. The lowest BCUT2D eigenvalue weighted by atomic mass is 10.2. The fraction of sp³-hybridized carbons (Fsp3) is 0.0769. The van der Waals surface area contributed by atoms with Crippen LogP contribution in [0.2, 0.25) is 0 Å². The van der Waals surface area contributed by atoms with Gasteiger partial charge in [-0.15, -0.1) is 0 Å². The molecular weight excluding hydrogens is 273 g/mol. The van der Waals surface area contributed by atoms with Gasteiger partial charge in [-0.3, -0.25) is 4.98 Å². The van der Waals surface area contributed by atoms with E-state index in [1.54, 1.807) is 24.4 Å². The standard InChI is InChI=1S/C13H9F3N2S/c14-13(15,16)9-4-3-5-10(8-9)18-12(19)11-6-1-2-7-17-11/h1-8H,(H,18,19). The van der Waals surface area contributed by atoms with Gasteiger partial charge in [-0.05, 0) is 30.3 Å². The number of nitrogens with zero attached hydrogens (tertiary/aromatic N) is 1. The summed E-state index contributed by atoms with van der Waals surface area (Å²) in [5.74, 6) is 0. The number of alkyl halides is 3. The summed E-state index contributed by atoms with van der Waals surface area (Å²) >= 11 is 5.08. The monoisotopic (exact) mass is 282 g/mol. The molecule has 2 rings (SSSR count). The Balaban J connectivity index is 2.18. The molecule has 0 aliphatic carbocycles. The van der Waals surface area contributed by atoms with Crippen LogP contribution in [0.25, 0.3) is 0 Å². The van der Waals surface area contributed by atoms with Gasteiger partial charge in [-0.1, -0.05) is 24.4 Å². The van der Waals surface area contributed by atoms with Crippen LogP contribution < -0.4 is 5.32 Å². The zero-order valence-electron chi connectivity index (χ0n) is 9.61. The van der Waals surface area contributed by atoms with E-state index >= 15 is 0 Å². The second-order valence-corrected chi connectivity index (χ2v) is 4.16. The highest BCUT2D eigenvalue weighted by molar-refractivity contribution is 7.81. The first-order chi connectivity index (χ1) is 8.97. The quantitative estimate of drug-likeness (QED) is 0.846. The molecule has 0 aliphatic rings. The molecule has 0 radical (unpaired) electrons. The van der Waals surface area contributed by atoms with Crippen LogP contribution >= 0.6 is 12.2 Å². The molecule has 0 atom stereocenters. The van der Waals surface area contributed by atoms with Crippen molar-refractivity contribution < 1.29 is 13.2 Å². The molecule has 1 aromatic carbocycles. The number of hydrogen-bond donors (Lipinski definition) is 1. The van der Waals surface area contributed by atoms with E-state index in [2.05, 4.69) is 10.3 Å². The second kappa shape index (κ2) is 5.36. The maximum Gasteiger partial charge on any atom is 0.416 e. The number of halogens is 3. The summed E-state index contributed by atoms with van der Waals surface area (Å²) in [5, 5.41) is 2.74. The van der Waals surface area contributed by atoms with E-state index in [4.69, 9.17) is 12.2 Å². The smallest absolute Gasteiger partial charge is 0.345 e. The predicted octanol–water partition coefficient (Wildman–Crippen LogP) is 3.89. The van der Waals surface area contributed by atoms with Gasteiger partial charge in [-0.25, -0.2) is 0 Å². The maximum absolute atomic E-state index is 12.6. The molecule has 0 saturated carbocycles. The Morgan fingerprint density at radius 2 is 1.89 bits per heavy atom. The van der Waals surface area contributed by atoms with E-state index in [9.17, 15) is 13.2 Å². The fourth-order valence-corrected chi connectivity index (χ4v) is 1.70. The van der Waals surface area contributed by atoms with Crippen LogP contribution in [0, 0.1) is 0 Å². The molecule has 0 saturated heterocycles. The van der Waals surface area contributed by atoms with Crippen LogP contribution in [-0.2, 0) is 6.18 Å². The minimum Gasteiger partial charge on any atom is -0.345 e. The summed E-state index contributed by atoms with van der Waals surface area (Å²) in [5.41, 5.74) is 0.0710. The normalized spacial score (nSPS) is 11.1. The molecule has 0 unspecified atom stereocenters. The van der Waals surface area contributed by atoms with Gasteiger partial charge >= 0.3 is 6.18 Å². The number of pyridine rings is 1. The highest BCUT2D eigenvalue weighted by Gasteiger charge is 2.30. The zero-order valence-corrected chi connectivity index (χ0v) is 10.4.